The van der Waals surface area contributed by atoms with Gasteiger partial charge < -0.3 is 19.1 Å². The molecule has 0 atom stereocenters. The lowest BCUT2D eigenvalue weighted by atomic mass is 10.1. The van der Waals surface area contributed by atoms with Crippen molar-refractivity contribution in [2.75, 3.05) is 32.8 Å². The number of esters is 1. The van der Waals surface area contributed by atoms with Crippen molar-refractivity contribution in [1.29, 1.82) is 0 Å². The summed E-state index contributed by atoms with van der Waals surface area (Å²) >= 11 is 0. The Morgan fingerprint density at radius 2 is 1.70 bits per heavy atom. The molecule has 142 valence electrons. The third-order valence-electron chi connectivity index (χ3n) is 4.52. The number of amides is 2. The van der Waals surface area contributed by atoms with E-state index in [0.29, 0.717) is 37.6 Å². The Morgan fingerprint density at radius 1 is 1.07 bits per heavy atom. The number of hydrogen-bond acceptors (Lipinski definition) is 6. The van der Waals surface area contributed by atoms with Crippen LogP contribution < -0.4 is 0 Å². The van der Waals surface area contributed by atoms with Crippen molar-refractivity contribution in [3.8, 4) is 11.3 Å². The molecule has 0 aliphatic carbocycles. The molecule has 1 saturated heterocycles. The molecule has 8 heteroatoms. The molecule has 0 spiro atoms. The zero-order valence-electron chi connectivity index (χ0n) is 15.3. The monoisotopic (exact) mass is 371 g/mol. The summed E-state index contributed by atoms with van der Waals surface area (Å²) in [5.41, 5.74) is 1.34. The van der Waals surface area contributed by atoms with E-state index in [1.165, 1.54) is 6.92 Å². The molecule has 3 rings (SSSR count). The highest BCUT2D eigenvalue weighted by atomic mass is 16.5. The maximum absolute atomic E-state index is 12.5. The van der Waals surface area contributed by atoms with Gasteiger partial charge in [0.1, 0.15) is 17.0 Å². The number of aryl methyl sites for hydroxylation is 1. The van der Waals surface area contributed by atoms with E-state index < -0.39 is 5.97 Å². The van der Waals surface area contributed by atoms with E-state index in [2.05, 4.69) is 5.16 Å². The number of carbonyl (C=O) groups is 3. The van der Waals surface area contributed by atoms with E-state index in [-0.39, 0.29) is 24.0 Å². The smallest absolute Gasteiger partial charge is 0.344 e. The van der Waals surface area contributed by atoms with Crippen LogP contribution in [-0.2, 0) is 14.3 Å². The van der Waals surface area contributed by atoms with Crippen molar-refractivity contribution in [2.24, 2.45) is 0 Å². The summed E-state index contributed by atoms with van der Waals surface area (Å²) in [4.78, 5) is 39.4. The van der Waals surface area contributed by atoms with Gasteiger partial charge in [0.15, 0.2) is 6.61 Å². The number of carbonyl (C=O) groups excluding carboxylic acids is 3. The lowest BCUT2D eigenvalue weighted by molar-refractivity contribution is -0.140. The van der Waals surface area contributed by atoms with Gasteiger partial charge in [0.25, 0.3) is 5.91 Å². The average molecular weight is 371 g/mol. The minimum Gasteiger partial charge on any atom is -0.452 e. The Morgan fingerprint density at radius 3 is 2.33 bits per heavy atom. The minimum absolute atomic E-state index is 0.00935. The molecule has 1 fully saturated rings. The van der Waals surface area contributed by atoms with Crippen LogP contribution in [0.1, 0.15) is 23.0 Å². The first-order valence-electron chi connectivity index (χ1n) is 8.69. The number of piperazine rings is 1. The van der Waals surface area contributed by atoms with Gasteiger partial charge in [-0.3, -0.25) is 9.59 Å². The van der Waals surface area contributed by atoms with Crippen LogP contribution in [0.4, 0.5) is 0 Å². The van der Waals surface area contributed by atoms with Gasteiger partial charge in [-0.1, -0.05) is 35.5 Å². The first-order chi connectivity index (χ1) is 13.0. The number of rotatable bonds is 4. The maximum Gasteiger partial charge on any atom is 0.344 e. The van der Waals surface area contributed by atoms with E-state index in [1.807, 2.05) is 30.3 Å². The molecule has 1 aliphatic rings. The van der Waals surface area contributed by atoms with Crippen LogP contribution in [-0.4, -0.2) is 65.5 Å². The SMILES string of the molecule is CC(=O)N1CCN(C(=O)COC(=O)c2c(-c3ccccc3)noc2C)CC1. The zero-order chi connectivity index (χ0) is 19.4. The summed E-state index contributed by atoms with van der Waals surface area (Å²) in [6.45, 7) is 4.59. The largest absolute Gasteiger partial charge is 0.452 e. The number of aromatic nitrogens is 1. The second-order valence-electron chi connectivity index (χ2n) is 6.29. The van der Waals surface area contributed by atoms with Crippen LogP contribution in [0.3, 0.4) is 0 Å². The van der Waals surface area contributed by atoms with Crippen LogP contribution in [0.25, 0.3) is 11.3 Å². The Labute approximate surface area is 156 Å². The molecule has 2 aromatic rings. The summed E-state index contributed by atoms with van der Waals surface area (Å²) in [5, 5.41) is 3.94. The van der Waals surface area contributed by atoms with Gasteiger partial charge in [0, 0.05) is 38.7 Å². The summed E-state index contributed by atoms with van der Waals surface area (Å²) in [6.07, 6.45) is 0. The molecule has 0 radical (unpaired) electrons. The van der Waals surface area contributed by atoms with E-state index in [0.717, 1.165) is 5.56 Å². The molecule has 8 nitrogen and oxygen atoms in total. The van der Waals surface area contributed by atoms with E-state index in [1.54, 1.807) is 16.7 Å². The van der Waals surface area contributed by atoms with Crippen molar-refractivity contribution in [3.63, 3.8) is 0 Å². The summed E-state index contributed by atoms with van der Waals surface area (Å²) in [6, 6.07) is 9.15. The van der Waals surface area contributed by atoms with Crippen LogP contribution >= 0.6 is 0 Å². The fourth-order valence-corrected chi connectivity index (χ4v) is 2.97. The van der Waals surface area contributed by atoms with Crippen LogP contribution in [0.2, 0.25) is 0 Å². The Kier molecular flexibility index (Phi) is 5.54. The third kappa shape index (κ3) is 4.16. The van der Waals surface area contributed by atoms with Gasteiger partial charge in [0.05, 0.1) is 0 Å². The second-order valence-corrected chi connectivity index (χ2v) is 6.29. The Hall–Kier alpha value is -3.16. The maximum atomic E-state index is 12.5. The highest BCUT2D eigenvalue weighted by Gasteiger charge is 2.26. The molecule has 1 aromatic carbocycles. The van der Waals surface area contributed by atoms with E-state index in [4.69, 9.17) is 9.26 Å². The Bertz CT molecular complexity index is 838. The van der Waals surface area contributed by atoms with Crippen molar-refractivity contribution >= 4 is 17.8 Å². The molecule has 0 saturated carbocycles. The highest BCUT2D eigenvalue weighted by molar-refractivity contribution is 5.98. The molecule has 2 amide bonds. The minimum atomic E-state index is -0.650. The van der Waals surface area contributed by atoms with Crippen molar-refractivity contribution in [3.05, 3.63) is 41.7 Å². The van der Waals surface area contributed by atoms with Gasteiger partial charge in [-0.15, -0.1) is 0 Å². The number of hydrogen-bond donors (Lipinski definition) is 0. The lowest BCUT2D eigenvalue weighted by Crippen LogP contribution is -2.51. The molecule has 27 heavy (non-hydrogen) atoms. The first-order valence-corrected chi connectivity index (χ1v) is 8.69. The van der Waals surface area contributed by atoms with Gasteiger partial charge in [-0.2, -0.15) is 0 Å². The molecule has 0 bridgehead atoms. The fourth-order valence-electron chi connectivity index (χ4n) is 2.97. The van der Waals surface area contributed by atoms with Crippen molar-refractivity contribution < 1.29 is 23.6 Å². The normalized spacial score (nSPS) is 14.1. The second kappa shape index (κ2) is 8.03. The molecule has 2 heterocycles. The molecule has 1 aliphatic heterocycles. The van der Waals surface area contributed by atoms with Crippen molar-refractivity contribution in [2.45, 2.75) is 13.8 Å². The van der Waals surface area contributed by atoms with E-state index in [9.17, 15) is 14.4 Å². The molecule has 0 unspecified atom stereocenters. The molecule has 0 N–H and O–H groups in total. The number of benzene rings is 1. The molecular weight excluding hydrogens is 350 g/mol. The number of nitrogens with zero attached hydrogens (tertiary/aromatic N) is 3. The predicted octanol–water partition coefficient (Wildman–Crippen LogP) is 1.50. The van der Waals surface area contributed by atoms with Crippen LogP contribution in [0.15, 0.2) is 34.9 Å². The Balaban J connectivity index is 1.61. The molecular formula is C19H21N3O5. The van der Waals surface area contributed by atoms with Gasteiger partial charge in [-0.25, -0.2) is 4.79 Å². The van der Waals surface area contributed by atoms with Gasteiger partial charge >= 0.3 is 5.97 Å². The summed E-state index contributed by atoms with van der Waals surface area (Å²) in [5.74, 6) is -0.614. The predicted molar refractivity (Wildman–Crippen MR) is 95.8 cm³/mol. The summed E-state index contributed by atoms with van der Waals surface area (Å²) < 4.78 is 10.4. The van der Waals surface area contributed by atoms with Crippen LogP contribution in [0, 0.1) is 6.92 Å². The van der Waals surface area contributed by atoms with Gasteiger partial charge in [-0.05, 0) is 6.92 Å². The van der Waals surface area contributed by atoms with Crippen LogP contribution in [0.5, 0.6) is 0 Å². The van der Waals surface area contributed by atoms with Gasteiger partial charge in [0.2, 0.25) is 5.91 Å². The number of ether oxygens (including phenoxy) is 1. The fraction of sp³-hybridized carbons (Fsp3) is 0.368. The standard InChI is InChI=1S/C19H21N3O5/c1-13-17(18(20-27-13)15-6-4-3-5-7-15)19(25)26-12-16(24)22-10-8-21(9-11-22)14(2)23/h3-7H,8-12H2,1-2H3. The summed E-state index contributed by atoms with van der Waals surface area (Å²) in [7, 11) is 0. The topological polar surface area (TPSA) is 93.0 Å². The first kappa shape index (κ1) is 18.6. The average Bonchev–Trinajstić information content (AvgIpc) is 3.08. The zero-order valence-corrected chi connectivity index (χ0v) is 15.3. The lowest BCUT2D eigenvalue weighted by Gasteiger charge is -2.34. The van der Waals surface area contributed by atoms with E-state index >= 15 is 0 Å². The third-order valence-corrected chi connectivity index (χ3v) is 4.52. The molecule has 1 aromatic heterocycles. The highest BCUT2D eigenvalue weighted by Crippen LogP contribution is 2.25. The van der Waals surface area contributed by atoms with Crippen molar-refractivity contribution in [1.82, 2.24) is 15.0 Å². The quantitative estimate of drug-likeness (QED) is 0.756.